The molecule has 1 aromatic rings. The molecule has 164 valence electrons. The molecule has 1 N–H and O–H groups in total. The first-order valence-corrected chi connectivity index (χ1v) is 10.8. The van der Waals surface area contributed by atoms with Gasteiger partial charge in [0.15, 0.2) is 0 Å². The fourth-order valence-corrected chi connectivity index (χ4v) is 3.71. The molecule has 1 aromatic carbocycles. The number of benzene rings is 1. The topological polar surface area (TPSA) is 139 Å². The Hall–Kier alpha value is -2.00. The summed E-state index contributed by atoms with van der Waals surface area (Å²) in [6.07, 6.45) is 2.81. The van der Waals surface area contributed by atoms with Gasteiger partial charge in [0.25, 0.3) is 5.69 Å². The van der Waals surface area contributed by atoms with E-state index in [2.05, 4.69) is 0 Å². The number of carboxylic acids is 1. The van der Waals surface area contributed by atoms with Gasteiger partial charge in [-0.25, -0.2) is 0 Å². The number of phosphoric acid groups is 1. The van der Waals surface area contributed by atoms with Crippen molar-refractivity contribution in [2.45, 2.75) is 44.6 Å². The molecular weight excluding hydrogens is 403 g/mol. The second-order valence-corrected chi connectivity index (χ2v) is 9.12. The minimum atomic E-state index is -4.68. The molecule has 2 atom stereocenters. The second kappa shape index (κ2) is 11.3. The maximum Gasteiger partial charge on any atom is 0.320 e. The first kappa shape index (κ1) is 25.0. The number of carbonyl (C=O) groups is 1. The Morgan fingerprint density at radius 3 is 2.28 bits per heavy atom. The van der Waals surface area contributed by atoms with Gasteiger partial charge in [-0.05, 0) is 25.0 Å². The fourth-order valence-electron chi connectivity index (χ4n) is 2.75. The molecule has 0 saturated heterocycles. The summed E-state index contributed by atoms with van der Waals surface area (Å²) in [5.41, 5.74) is -0.176. The van der Waals surface area contributed by atoms with Gasteiger partial charge < -0.3 is 23.5 Å². The number of hydrogen-bond acceptors (Lipinski definition) is 7. The lowest BCUT2D eigenvalue weighted by atomic mass is 10.1. The third-order valence-electron chi connectivity index (χ3n) is 3.96. The number of rotatable bonds is 14. The Kier molecular flexibility index (Phi) is 9.72. The van der Waals surface area contributed by atoms with Crippen molar-refractivity contribution >= 4 is 19.5 Å². The standard InChI is InChI=1S/C18H29N2O8P/c1-20(2,3)14-17(8-6-4-5-7-9-18(21)22)28-29(25,26)27-16-12-10-15(11-13-16)19(23)24/h10-13,17H,4-9,14H2,1-3H3,(H-,21,22,25,26). The average Bonchev–Trinajstić information content (AvgIpc) is 2.55. The van der Waals surface area contributed by atoms with E-state index in [1.807, 2.05) is 21.1 Å². The maximum absolute atomic E-state index is 12.3. The molecule has 0 radical (unpaired) electrons. The van der Waals surface area contributed by atoms with Crippen LogP contribution in [-0.4, -0.2) is 54.3 Å². The summed E-state index contributed by atoms with van der Waals surface area (Å²) in [6.45, 7) is 0.435. The van der Waals surface area contributed by atoms with Crippen LogP contribution in [0.2, 0.25) is 0 Å². The number of aliphatic carboxylic acids is 1. The SMILES string of the molecule is C[N+](C)(C)CC(CCCCCCC(=O)O)OP(=O)([O-])Oc1ccc([N+](=O)[O-])cc1. The van der Waals surface area contributed by atoms with Gasteiger partial charge >= 0.3 is 13.8 Å². The van der Waals surface area contributed by atoms with Crippen LogP contribution in [0, 0.1) is 10.1 Å². The van der Waals surface area contributed by atoms with E-state index in [0.29, 0.717) is 30.3 Å². The van der Waals surface area contributed by atoms with Crippen LogP contribution in [0.3, 0.4) is 0 Å². The number of non-ortho nitro benzene ring substituents is 1. The first-order chi connectivity index (χ1) is 13.4. The van der Waals surface area contributed by atoms with Gasteiger partial charge in [0.05, 0.1) is 26.1 Å². The summed E-state index contributed by atoms with van der Waals surface area (Å²) in [7, 11) is 1.06. The van der Waals surface area contributed by atoms with Crippen molar-refractivity contribution in [3.05, 3.63) is 34.4 Å². The molecule has 0 aromatic heterocycles. The van der Waals surface area contributed by atoms with Gasteiger partial charge in [-0.3, -0.25) is 19.5 Å². The van der Waals surface area contributed by atoms with Crippen molar-refractivity contribution in [3.8, 4) is 5.75 Å². The molecule has 0 spiro atoms. The van der Waals surface area contributed by atoms with E-state index >= 15 is 0 Å². The molecule has 0 saturated carbocycles. The van der Waals surface area contributed by atoms with Crippen molar-refractivity contribution in [3.63, 3.8) is 0 Å². The van der Waals surface area contributed by atoms with Crippen LogP contribution in [0.15, 0.2) is 24.3 Å². The second-order valence-electron chi connectivity index (χ2n) is 7.84. The van der Waals surface area contributed by atoms with Gasteiger partial charge in [-0.15, -0.1) is 0 Å². The zero-order valence-electron chi connectivity index (χ0n) is 17.0. The minimum Gasteiger partial charge on any atom is -0.746 e. The highest BCUT2D eigenvalue weighted by molar-refractivity contribution is 7.46. The zero-order valence-corrected chi connectivity index (χ0v) is 17.9. The van der Waals surface area contributed by atoms with E-state index in [0.717, 1.165) is 25.0 Å². The summed E-state index contributed by atoms with van der Waals surface area (Å²) < 4.78 is 23.0. The summed E-state index contributed by atoms with van der Waals surface area (Å²) in [4.78, 5) is 32.9. The van der Waals surface area contributed by atoms with Crippen molar-refractivity contribution in [2.24, 2.45) is 0 Å². The molecule has 2 unspecified atom stereocenters. The number of carboxylic acid groups (broad SMARTS) is 1. The summed E-state index contributed by atoms with van der Waals surface area (Å²) in [5.74, 6) is -0.890. The molecule has 0 bridgehead atoms. The molecular formula is C18H29N2O8P. The smallest absolute Gasteiger partial charge is 0.320 e. The highest BCUT2D eigenvalue weighted by Crippen LogP contribution is 2.42. The van der Waals surface area contributed by atoms with Crippen LogP contribution in [0.25, 0.3) is 0 Å². The number of unbranched alkanes of at least 4 members (excludes halogenated alkanes) is 3. The number of nitro groups is 1. The van der Waals surface area contributed by atoms with E-state index < -0.39 is 24.8 Å². The zero-order chi connectivity index (χ0) is 22.1. The van der Waals surface area contributed by atoms with E-state index in [1.54, 1.807) is 0 Å². The summed E-state index contributed by atoms with van der Waals surface area (Å²) >= 11 is 0. The third-order valence-corrected chi connectivity index (χ3v) is 4.95. The number of likely N-dealkylation sites (N-methyl/N-ethyl adjacent to an activating group) is 1. The molecule has 0 aliphatic heterocycles. The van der Waals surface area contributed by atoms with Gasteiger partial charge in [0.1, 0.15) is 18.4 Å². The van der Waals surface area contributed by atoms with Crippen LogP contribution in [-0.2, 0) is 13.9 Å². The van der Waals surface area contributed by atoms with Crippen molar-refractivity contribution in [1.82, 2.24) is 0 Å². The Morgan fingerprint density at radius 1 is 1.17 bits per heavy atom. The Balaban J connectivity index is 2.63. The maximum atomic E-state index is 12.3. The molecule has 0 aliphatic rings. The van der Waals surface area contributed by atoms with Crippen LogP contribution < -0.4 is 9.42 Å². The summed E-state index contributed by atoms with van der Waals surface area (Å²) in [5, 5.41) is 19.3. The highest BCUT2D eigenvalue weighted by Gasteiger charge is 2.25. The molecule has 0 aliphatic carbocycles. The van der Waals surface area contributed by atoms with E-state index in [-0.39, 0.29) is 17.9 Å². The van der Waals surface area contributed by atoms with Crippen LogP contribution in [0.4, 0.5) is 5.69 Å². The molecule has 10 nitrogen and oxygen atoms in total. The van der Waals surface area contributed by atoms with Gasteiger partial charge in [0, 0.05) is 18.6 Å². The molecule has 29 heavy (non-hydrogen) atoms. The van der Waals surface area contributed by atoms with Crippen molar-refractivity contribution in [2.75, 3.05) is 27.7 Å². The normalized spacial score (nSPS) is 14.8. The number of nitrogens with zero attached hydrogens (tertiary/aromatic N) is 2. The lowest BCUT2D eigenvalue weighted by Crippen LogP contribution is -2.42. The molecule has 1 rings (SSSR count). The molecule has 0 fully saturated rings. The largest absolute Gasteiger partial charge is 0.746 e. The molecule has 0 heterocycles. The monoisotopic (exact) mass is 432 g/mol. The lowest BCUT2D eigenvalue weighted by Gasteiger charge is -2.33. The number of phosphoric ester groups is 1. The first-order valence-electron chi connectivity index (χ1n) is 9.34. The van der Waals surface area contributed by atoms with Gasteiger partial charge in [0.2, 0.25) is 0 Å². The minimum absolute atomic E-state index is 0.0633. The highest BCUT2D eigenvalue weighted by atomic mass is 31.2. The van der Waals surface area contributed by atoms with E-state index in [1.165, 1.54) is 12.1 Å². The van der Waals surface area contributed by atoms with Crippen LogP contribution in [0.5, 0.6) is 5.75 Å². The fraction of sp³-hybridized carbons (Fsp3) is 0.611. The predicted molar refractivity (Wildman–Crippen MR) is 104 cm³/mol. The Labute approximate surface area is 170 Å². The van der Waals surface area contributed by atoms with E-state index in [9.17, 15) is 24.4 Å². The Bertz CT molecular complexity index is 718. The number of nitro benzene ring substituents is 1. The van der Waals surface area contributed by atoms with Crippen LogP contribution in [0.1, 0.15) is 38.5 Å². The molecule has 0 amide bonds. The third kappa shape index (κ3) is 11.6. The van der Waals surface area contributed by atoms with Gasteiger partial charge in [-0.2, -0.15) is 0 Å². The lowest BCUT2D eigenvalue weighted by molar-refractivity contribution is -0.873. The quantitative estimate of drug-likeness (QED) is 0.156. The Morgan fingerprint density at radius 2 is 1.76 bits per heavy atom. The van der Waals surface area contributed by atoms with E-state index in [4.69, 9.17) is 14.2 Å². The number of quaternary nitrogens is 1. The van der Waals surface area contributed by atoms with Crippen molar-refractivity contribution in [1.29, 1.82) is 0 Å². The molecule has 11 heteroatoms. The van der Waals surface area contributed by atoms with Crippen molar-refractivity contribution < 1.29 is 37.8 Å². The van der Waals surface area contributed by atoms with Gasteiger partial charge in [-0.1, -0.05) is 19.3 Å². The summed E-state index contributed by atoms with van der Waals surface area (Å²) in [6, 6.07) is 4.69. The van der Waals surface area contributed by atoms with Crippen LogP contribution >= 0.6 is 7.82 Å². The average molecular weight is 432 g/mol. The predicted octanol–water partition coefficient (Wildman–Crippen LogP) is 2.96. The number of hydrogen-bond donors (Lipinski definition) is 1.